The Labute approximate surface area is 247 Å². The molecule has 4 aromatic rings. The summed E-state index contributed by atoms with van der Waals surface area (Å²) in [6, 6.07) is 25.4. The zero-order valence-electron chi connectivity index (χ0n) is 24.5. The summed E-state index contributed by atoms with van der Waals surface area (Å²) in [5.41, 5.74) is 1.79. The van der Waals surface area contributed by atoms with Crippen molar-refractivity contribution in [1.82, 2.24) is 14.8 Å². The number of fused-ring (bicyclic) bond motifs is 3. The molecule has 0 spiro atoms. The number of carbonyl (C=O) groups is 2. The van der Waals surface area contributed by atoms with E-state index in [1.165, 1.54) is 12.8 Å². The molecule has 1 fully saturated rings. The van der Waals surface area contributed by atoms with Gasteiger partial charge in [0.1, 0.15) is 17.2 Å². The maximum absolute atomic E-state index is 14.9. The fourth-order valence-corrected chi connectivity index (χ4v) is 6.66. The first-order valence-electron chi connectivity index (χ1n) is 15.1. The van der Waals surface area contributed by atoms with E-state index in [0.717, 1.165) is 53.5 Å². The first-order chi connectivity index (χ1) is 20.5. The normalized spacial score (nSPS) is 19.3. The first-order valence-corrected chi connectivity index (χ1v) is 15.1. The Morgan fingerprint density at radius 1 is 0.952 bits per heavy atom. The Kier molecular flexibility index (Phi) is 7.92. The SMILES string of the molecule is CCOc1ccccc1CN1C(=O)c2cc3ccc(OC)cc3n2C[C@]1(C(=O)NC1CCCCCC1)c1ccccc1. The van der Waals surface area contributed by atoms with Crippen LogP contribution in [-0.4, -0.2) is 41.0 Å². The second-order valence-electron chi connectivity index (χ2n) is 11.4. The Hall–Kier alpha value is -4.26. The molecule has 7 nitrogen and oxygen atoms in total. The fraction of sp³-hybridized carbons (Fsp3) is 0.371. The second-order valence-corrected chi connectivity index (χ2v) is 11.4. The van der Waals surface area contributed by atoms with E-state index in [-0.39, 0.29) is 30.9 Å². The van der Waals surface area contributed by atoms with Gasteiger partial charge in [-0.05, 0) is 49.6 Å². The highest BCUT2D eigenvalue weighted by atomic mass is 16.5. The predicted molar refractivity (Wildman–Crippen MR) is 164 cm³/mol. The minimum absolute atomic E-state index is 0.0798. The molecule has 1 N–H and O–H groups in total. The van der Waals surface area contributed by atoms with Gasteiger partial charge in [0, 0.05) is 23.1 Å². The highest BCUT2D eigenvalue weighted by Gasteiger charge is 2.53. The van der Waals surface area contributed by atoms with E-state index in [9.17, 15) is 9.59 Å². The fourth-order valence-electron chi connectivity index (χ4n) is 6.66. The molecule has 42 heavy (non-hydrogen) atoms. The molecule has 1 atom stereocenters. The van der Waals surface area contributed by atoms with Crippen LogP contribution >= 0.6 is 0 Å². The lowest BCUT2D eigenvalue weighted by atomic mass is 9.83. The summed E-state index contributed by atoms with van der Waals surface area (Å²) >= 11 is 0. The number of para-hydroxylation sites is 1. The molecule has 0 saturated heterocycles. The topological polar surface area (TPSA) is 72.8 Å². The minimum Gasteiger partial charge on any atom is -0.497 e. The largest absolute Gasteiger partial charge is 0.497 e. The number of hydrogen-bond acceptors (Lipinski definition) is 4. The number of amides is 2. The summed E-state index contributed by atoms with van der Waals surface area (Å²) in [4.78, 5) is 31.4. The molecule has 2 aliphatic rings. The van der Waals surface area contributed by atoms with E-state index in [2.05, 4.69) is 5.32 Å². The maximum Gasteiger partial charge on any atom is 0.272 e. The molecule has 1 aliphatic carbocycles. The van der Waals surface area contributed by atoms with Crippen molar-refractivity contribution in [2.75, 3.05) is 13.7 Å². The van der Waals surface area contributed by atoms with Gasteiger partial charge in [-0.3, -0.25) is 9.59 Å². The van der Waals surface area contributed by atoms with Crippen molar-refractivity contribution in [2.24, 2.45) is 0 Å². The Morgan fingerprint density at radius 2 is 1.69 bits per heavy atom. The maximum atomic E-state index is 14.9. The van der Waals surface area contributed by atoms with E-state index < -0.39 is 5.54 Å². The molecular weight excluding hydrogens is 526 g/mol. The molecule has 2 amide bonds. The van der Waals surface area contributed by atoms with Crippen molar-refractivity contribution >= 4 is 22.7 Å². The molecule has 0 bridgehead atoms. The average molecular weight is 566 g/mol. The van der Waals surface area contributed by atoms with E-state index in [1.54, 1.807) is 12.0 Å². The van der Waals surface area contributed by atoms with Crippen molar-refractivity contribution in [2.45, 2.75) is 70.1 Å². The monoisotopic (exact) mass is 565 g/mol. The Morgan fingerprint density at radius 3 is 2.43 bits per heavy atom. The average Bonchev–Trinajstić information content (AvgIpc) is 3.18. The predicted octanol–water partition coefficient (Wildman–Crippen LogP) is 6.44. The molecule has 3 aromatic carbocycles. The van der Waals surface area contributed by atoms with Crippen LogP contribution in [0.2, 0.25) is 0 Å². The van der Waals surface area contributed by atoms with Gasteiger partial charge in [0.25, 0.3) is 11.8 Å². The number of aromatic nitrogens is 1. The molecular formula is C35H39N3O4. The Balaban J connectivity index is 1.55. The van der Waals surface area contributed by atoms with Gasteiger partial charge < -0.3 is 24.3 Å². The molecule has 1 saturated carbocycles. The standard InChI is InChI=1S/C35H39N3O4/c1-3-42-32-18-12-11-13-26(32)23-38-33(39)31-21-25-19-20-29(41-2)22-30(25)37(31)24-35(38,27-14-7-6-8-15-27)34(40)36-28-16-9-4-5-10-17-28/h6-8,11-15,18-22,28H,3-5,9-10,16-17,23-24H2,1-2H3,(H,36,40)/t35-/m1/s1. The minimum atomic E-state index is -1.29. The van der Waals surface area contributed by atoms with Crippen molar-refractivity contribution in [3.63, 3.8) is 0 Å². The van der Waals surface area contributed by atoms with Crippen LogP contribution in [0.3, 0.4) is 0 Å². The van der Waals surface area contributed by atoms with Crippen LogP contribution in [-0.2, 0) is 23.4 Å². The highest BCUT2D eigenvalue weighted by Crippen LogP contribution is 2.42. The molecule has 6 rings (SSSR count). The van der Waals surface area contributed by atoms with Crippen molar-refractivity contribution in [3.8, 4) is 11.5 Å². The van der Waals surface area contributed by atoms with E-state index in [4.69, 9.17) is 9.47 Å². The summed E-state index contributed by atoms with van der Waals surface area (Å²) < 4.78 is 13.5. The summed E-state index contributed by atoms with van der Waals surface area (Å²) in [6.45, 7) is 2.97. The number of hydrogen-bond donors (Lipinski definition) is 1. The van der Waals surface area contributed by atoms with Gasteiger partial charge in [0.15, 0.2) is 5.54 Å². The van der Waals surface area contributed by atoms with Crippen LogP contribution in [0.15, 0.2) is 78.9 Å². The lowest BCUT2D eigenvalue weighted by Gasteiger charge is -2.47. The lowest BCUT2D eigenvalue weighted by molar-refractivity contribution is -0.136. The Bertz CT molecular complexity index is 1570. The smallest absolute Gasteiger partial charge is 0.272 e. The molecule has 1 aliphatic heterocycles. The summed E-state index contributed by atoms with van der Waals surface area (Å²) in [7, 11) is 1.64. The zero-order valence-corrected chi connectivity index (χ0v) is 24.5. The van der Waals surface area contributed by atoms with Crippen molar-refractivity contribution in [1.29, 1.82) is 0 Å². The quantitative estimate of drug-likeness (QED) is 0.250. The summed E-state index contributed by atoms with van der Waals surface area (Å²) in [6.07, 6.45) is 6.48. The van der Waals surface area contributed by atoms with Crippen LogP contribution in [0.25, 0.3) is 10.9 Å². The third kappa shape index (κ3) is 5.02. The number of methoxy groups -OCH3 is 1. The molecule has 0 unspecified atom stereocenters. The second kappa shape index (κ2) is 11.9. The number of ether oxygens (including phenoxy) is 2. The van der Waals surface area contributed by atoms with Gasteiger partial charge in [-0.2, -0.15) is 0 Å². The number of rotatable bonds is 8. The van der Waals surface area contributed by atoms with E-state index in [1.807, 2.05) is 90.4 Å². The molecule has 2 heterocycles. The lowest BCUT2D eigenvalue weighted by Crippen LogP contribution is -2.64. The van der Waals surface area contributed by atoms with Gasteiger partial charge >= 0.3 is 0 Å². The van der Waals surface area contributed by atoms with Crippen molar-refractivity contribution in [3.05, 3.63) is 95.7 Å². The number of benzene rings is 3. The first kappa shape index (κ1) is 27.9. The van der Waals surface area contributed by atoms with E-state index >= 15 is 0 Å². The van der Waals surface area contributed by atoms with Crippen molar-refractivity contribution < 1.29 is 19.1 Å². The third-order valence-corrected chi connectivity index (χ3v) is 8.84. The highest BCUT2D eigenvalue weighted by molar-refractivity contribution is 6.04. The van der Waals surface area contributed by atoms with Crippen LogP contribution in [0.5, 0.6) is 11.5 Å². The van der Waals surface area contributed by atoms with Crippen LogP contribution in [0, 0.1) is 0 Å². The molecule has 0 radical (unpaired) electrons. The van der Waals surface area contributed by atoms with Crippen LogP contribution in [0.4, 0.5) is 0 Å². The van der Waals surface area contributed by atoms with Gasteiger partial charge in [-0.15, -0.1) is 0 Å². The van der Waals surface area contributed by atoms with Crippen LogP contribution < -0.4 is 14.8 Å². The molecule has 218 valence electrons. The summed E-state index contributed by atoms with van der Waals surface area (Å²) in [5, 5.41) is 4.37. The number of nitrogens with one attached hydrogen (secondary N) is 1. The number of nitrogens with zero attached hydrogens (tertiary/aromatic N) is 2. The van der Waals surface area contributed by atoms with Gasteiger partial charge in [-0.25, -0.2) is 0 Å². The third-order valence-electron chi connectivity index (χ3n) is 8.84. The molecule has 1 aromatic heterocycles. The van der Waals surface area contributed by atoms with Crippen LogP contribution in [0.1, 0.15) is 67.1 Å². The number of carbonyl (C=O) groups excluding carboxylic acids is 2. The summed E-state index contributed by atoms with van der Waals surface area (Å²) in [5.74, 6) is 1.09. The van der Waals surface area contributed by atoms with Gasteiger partial charge in [0.2, 0.25) is 0 Å². The molecule has 7 heteroatoms. The van der Waals surface area contributed by atoms with E-state index in [0.29, 0.717) is 18.1 Å². The zero-order chi connectivity index (χ0) is 29.1. The van der Waals surface area contributed by atoms with Gasteiger partial charge in [0.05, 0.1) is 32.3 Å². The van der Waals surface area contributed by atoms with Gasteiger partial charge in [-0.1, -0.05) is 74.2 Å².